The van der Waals surface area contributed by atoms with Gasteiger partial charge in [-0.25, -0.2) is 4.98 Å². The molecule has 14 amide bonds. The van der Waals surface area contributed by atoms with Crippen molar-refractivity contribution in [3.63, 3.8) is 0 Å². The summed E-state index contributed by atoms with van der Waals surface area (Å²) >= 11 is 0. The number of carbonyl (C=O) groups excluding carboxylic acids is 14. The average molecular weight is 1400 g/mol. The monoisotopic (exact) mass is 1400 g/mol. The Morgan fingerprint density at radius 2 is 1.33 bits per heavy atom. The first kappa shape index (κ1) is 77.1. The Morgan fingerprint density at radius 3 is 1.96 bits per heavy atom. The van der Waals surface area contributed by atoms with E-state index >= 15 is 0 Å². The maximum absolute atomic E-state index is 14.9. The van der Waals surface area contributed by atoms with Gasteiger partial charge >= 0.3 is 0 Å². The second kappa shape index (κ2) is 38.7. The summed E-state index contributed by atoms with van der Waals surface area (Å²) in [7, 11) is 3.66. The van der Waals surface area contributed by atoms with E-state index in [0.29, 0.717) is 18.5 Å². The fourth-order valence-electron chi connectivity index (χ4n) is 10.1. The third kappa shape index (κ3) is 25.3. The molecule has 4 saturated heterocycles. The van der Waals surface area contributed by atoms with Crippen LogP contribution in [-0.2, 0) is 73.5 Å². The maximum Gasteiger partial charge on any atom is 0.246 e. The zero-order chi connectivity index (χ0) is 69.2. The van der Waals surface area contributed by atoms with Crippen LogP contribution in [0.4, 0.5) is 0 Å². The predicted molar refractivity (Wildman–Crippen MR) is 349 cm³/mol. The van der Waals surface area contributed by atoms with Gasteiger partial charge in [-0.3, -0.25) is 72.1 Å². The lowest BCUT2D eigenvalue weighted by molar-refractivity contribution is -0.142. The third-order valence-electron chi connectivity index (χ3n) is 15.1. The highest BCUT2D eigenvalue weighted by Gasteiger charge is 2.44. The lowest BCUT2D eigenvalue weighted by Gasteiger charge is -2.31. The van der Waals surface area contributed by atoms with Crippen LogP contribution in [0, 0.1) is 11.8 Å². The van der Waals surface area contributed by atoms with Crippen LogP contribution in [0.2, 0.25) is 0 Å². The zero-order valence-corrected chi connectivity index (χ0v) is 55.9. The van der Waals surface area contributed by atoms with Gasteiger partial charge in [0.15, 0.2) is 5.96 Å². The highest BCUT2D eigenvalue weighted by molar-refractivity contribution is 8.77. The van der Waals surface area contributed by atoms with Crippen LogP contribution in [-0.4, -0.2) is 237 Å². The Kier molecular flexibility index (Phi) is 31.7. The number of carbonyl (C=O) groups is 14. The van der Waals surface area contributed by atoms with Gasteiger partial charge in [0.05, 0.1) is 25.5 Å². The maximum atomic E-state index is 14.9. The minimum atomic E-state index is -1.60. The predicted octanol–water partition coefficient (Wildman–Crippen LogP) is -7.05. The number of rotatable bonds is 20. The van der Waals surface area contributed by atoms with Crippen LogP contribution in [0.1, 0.15) is 91.2 Å². The molecule has 5 rings (SSSR count). The molecule has 1 aromatic rings. The summed E-state index contributed by atoms with van der Waals surface area (Å²) in [6, 6.07) is -15.5. The van der Waals surface area contributed by atoms with E-state index in [4.69, 9.17) is 22.9 Å². The van der Waals surface area contributed by atoms with E-state index in [0.717, 1.165) is 48.1 Å². The van der Waals surface area contributed by atoms with Crippen molar-refractivity contribution in [3.8, 4) is 0 Å². The summed E-state index contributed by atoms with van der Waals surface area (Å²) in [4.78, 5) is 208. The van der Waals surface area contributed by atoms with Gasteiger partial charge in [0.25, 0.3) is 0 Å². The molecule has 94 heavy (non-hydrogen) atoms. The van der Waals surface area contributed by atoms with Crippen LogP contribution >= 0.6 is 43.2 Å². The summed E-state index contributed by atoms with van der Waals surface area (Å²) in [5.74, 6) is -14.3. The first-order valence-corrected chi connectivity index (χ1v) is 35.7. The summed E-state index contributed by atoms with van der Waals surface area (Å²) < 4.78 is 0. The number of aromatic nitrogens is 2. The molecular weight excluding hydrogens is 1310 g/mol. The fourth-order valence-corrected chi connectivity index (χ4v) is 14.7. The van der Waals surface area contributed by atoms with E-state index in [1.165, 1.54) is 12.5 Å². The average Bonchev–Trinajstić information content (AvgIpc) is 1.63. The van der Waals surface area contributed by atoms with E-state index in [2.05, 4.69) is 78.8 Å². The molecule has 522 valence electrons. The Hall–Kier alpha value is -7.62. The second-order valence-electron chi connectivity index (χ2n) is 23.5. The normalized spacial score (nSPS) is 26.5. The molecular formula is C55H88N20O15S4. The van der Waals surface area contributed by atoms with Crippen LogP contribution in [0.15, 0.2) is 17.5 Å². The van der Waals surface area contributed by atoms with E-state index < -0.39 is 175 Å². The third-order valence-corrected chi connectivity index (χ3v) is 19.9. The molecule has 35 nitrogen and oxygen atoms in total. The number of hydrogen-bond donors (Lipinski definition) is 18. The molecule has 5 heterocycles. The number of H-pyrrole nitrogens is 1. The lowest BCUT2D eigenvalue weighted by Crippen LogP contribution is -2.61. The van der Waals surface area contributed by atoms with E-state index in [-0.39, 0.29) is 105 Å². The van der Waals surface area contributed by atoms with Crippen molar-refractivity contribution >= 4 is 132 Å². The van der Waals surface area contributed by atoms with Crippen LogP contribution in [0.3, 0.4) is 0 Å². The number of unbranched alkanes of at least 4 members (excludes halogenated alkanes) is 1. The van der Waals surface area contributed by atoms with Crippen LogP contribution in [0.25, 0.3) is 0 Å². The van der Waals surface area contributed by atoms with Crippen molar-refractivity contribution in [2.24, 2.45) is 39.8 Å². The Labute approximate surface area is 558 Å². The van der Waals surface area contributed by atoms with Crippen LogP contribution in [0.5, 0.6) is 0 Å². The summed E-state index contributed by atoms with van der Waals surface area (Å²) in [5.41, 5.74) is 23.0. The Morgan fingerprint density at radius 1 is 0.702 bits per heavy atom. The number of imidazole rings is 1. The molecule has 0 aromatic carbocycles. The van der Waals surface area contributed by atoms with Gasteiger partial charge < -0.3 is 102 Å². The number of nitrogens with two attached hydrogens (primary N) is 4. The number of primary amides is 1. The highest BCUT2D eigenvalue weighted by atomic mass is 33.1. The van der Waals surface area contributed by atoms with Gasteiger partial charge in [-0.15, -0.1) is 0 Å². The molecule has 4 aliphatic rings. The van der Waals surface area contributed by atoms with Gasteiger partial charge in [0.2, 0.25) is 82.7 Å². The number of aliphatic hydroxyl groups is 1. The minimum absolute atomic E-state index is 0.0101. The topological polar surface area (TPSA) is 552 Å². The number of hydrogen-bond acceptors (Lipinski definition) is 22. The van der Waals surface area contributed by atoms with Crippen molar-refractivity contribution in [1.29, 1.82) is 0 Å². The van der Waals surface area contributed by atoms with Gasteiger partial charge in [-0.2, -0.15) is 0 Å². The first-order valence-electron chi connectivity index (χ1n) is 30.7. The summed E-state index contributed by atoms with van der Waals surface area (Å²) in [5, 5.41) is 42.1. The smallest absolute Gasteiger partial charge is 0.246 e. The molecule has 39 heteroatoms. The zero-order valence-electron chi connectivity index (χ0n) is 52.6. The highest BCUT2D eigenvalue weighted by Crippen LogP contribution is 2.27. The van der Waals surface area contributed by atoms with Crippen molar-refractivity contribution in [2.75, 3.05) is 55.7 Å². The summed E-state index contributed by atoms with van der Waals surface area (Å²) in [6.45, 7) is 5.17. The molecule has 4 fully saturated rings. The Balaban J connectivity index is 1.59. The Bertz CT molecular complexity index is 2890. The number of aromatic amines is 1. The summed E-state index contributed by atoms with van der Waals surface area (Å²) in [6.07, 6.45) is 1.98. The number of guanidine groups is 1. The molecule has 22 N–H and O–H groups in total. The van der Waals surface area contributed by atoms with Gasteiger partial charge in [0.1, 0.15) is 66.5 Å². The SMILES string of the molecule is CC(C)C[C@@H]1NC(=O)[C@H](CCCCN)NC(=O)[C@H](CCCN=C(N)N)NC(=O)CNC(=O)[C@@H]2CSSC[C@H](NC1=O)C(=O)N[C@@H](Cc1cnc[nH]1)C(=O)N1C[C@H](O)C[C@H]1C(=O)N[C@H](C(N)=O)CSSC[C@H](NC(=O)[C@@H](NC(=O)CNC(=O)[C@@H]1CCC(=O)N1)C(C)C)C(=O)N2. The quantitative estimate of drug-likeness (QED) is 0.0250. The second-order valence-corrected chi connectivity index (χ2v) is 28.6. The molecule has 0 spiro atoms. The number of amides is 14. The van der Waals surface area contributed by atoms with E-state index in [1.807, 2.05) is 0 Å². The van der Waals surface area contributed by atoms with Crippen molar-refractivity contribution in [2.45, 2.75) is 164 Å². The molecule has 4 aliphatic heterocycles. The number of aliphatic hydroxyl groups excluding tert-OH is 1. The first-order chi connectivity index (χ1) is 44.6. The molecule has 12 atom stereocenters. The number of aliphatic imine (C=N–C) groups is 1. The van der Waals surface area contributed by atoms with E-state index in [1.54, 1.807) is 27.7 Å². The molecule has 2 bridgehead atoms. The van der Waals surface area contributed by atoms with Crippen molar-refractivity contribution in [3.05, 3.63) is 18.2 Å². The van der Waals surface area contributed by atoms with Crippen LogP contribution < -0.4 is 86.7 Å². The van der Waals surface area contributed by atoms with Gasteiger partial charge in [0, 0.05) is 67.3 Å². The number of nitrogens with one attached hydrogen (secondary N) is 13. The van der Waals surface area contributed by atoms with Crippen molar-refractivity contribution in [1.82, 2.24) is 78.7 Å². The standard InChI is InChI=1S/C55H88N20O15S4/c1-26(2)14-33-49(85)72-37-23-94-92-22-36(46(82)63-18-41(78)66-30(9-7-13-61-55(58)59)47(83)67-31(48(84)68-33)8-5-6-12-56)71-51(87)38(73-53(89)43(27(3)4)74-42(79)19-62-45(81)32-10-11-40(77)65-32)24-93-91-21-35(44(57)80)70-52(88)39-16-29(76)20-75(39)54(90)34(69-50(37)86)15-28-17-60-25-64-28/h17,25-27,29-39,43,76H,5-16,18-24,56H2,1-4H3,(H2,57,80)(H,60,64)(H,62,81)(H,63,82)(H,65,77)(H,66,78)(H,67,83)(H,68,84)(H,69,86)(H,70,88)(H,71,87)(H,72,85)(H,73,89)(H,74,79)(H4,58,59,61)/t29-,30+,31+,32+,33+,34+,35+,36+,37+,38+,39+,43+/m1/s1. The minimum Gasteiger partial charge on any atom is -0.391 e. The molecule has 0 saturated carbocycles. The lowest BCUT2D eigenvalue weighted by atomic mass is 10.0. The largest absolute Gasteiger partial charge is 0.391 e. The van der Waals surface area contributed by atoms with Gasteiger partial charge in [-0.05, 0) is 63.3 Å². The number of fused-ring (bicyclic) bond motifs is 6. The molecule has 0 unspecified atom stereocenters. The number of nitrogens with zero attached hydrogens (tertiary/aromatic N) is 3. The van der Waals surface area contributed by atoms with E-state index in [9.17, 15) is 72.2 Å². The molecule has 0 radical (unpaired) electrons. The van der Waals surface area contributed by atoms with Gasteiger partial charge in [-0.1, -0.05) is 70.9 Å². The fraction of sp³-hybridized carbons (Fsp3) is 0.673. The van der Waals surface area contributed by atoms with Crippen molar-refractivity contribution < 1.29 is 72.2 Å². The molecule has 0 aliphatic carbocycles. The molecule has 1 aromatic heterocycles.